The lowest BCUT2D eigenvalue weighted by molar-refractivity contribution is 0.133. The number of hydrogen-bond donors (Lipinski definition) is 2. The molecule has 1 aromatic rings. The number of carbonyl (C=O) groups is 1. The number of benzene rings is 1. The van der Waals surface area contributed by atoms with Gasteiger partial charge in [0, 0.05) is 19.1 Å². The van der Waals surface area contributed by atoms with Gasteiger partial charge in [-0.1, -0.05) is 38.1 Å². The van der Waals surface area contributed by atoms with Gasteiger partial charge in [-0.2, -0.15) is 0 Å². The molecule has 0 bridgehead atoms. The molecule has 0 heterocycles. The van der Waals surface area contributed by atoms with E-state index in [9.17, 15) is 9.90 Å². The molecule has 2 N–H and O–H groups in total. The van der Waals surface area contributed by atoms with Crippen molar-refractivity contribution in [2.24, 2.45) is 5.41 Å². The monoisotopic (exact) mass is 347 g/mol. The van der Waals surface area contributed by atoms with Gasteiger partial charge in [-0.25, -0.2) is 4.79 Å². The van der Waals surface area contributed by atoms with E-state index in [0.717, 1.165) is 19.4 Å². The smallest absolute Gasteiger partial charge is 0.318 e. The quantitative estimate of drug-likeness (QED) is 0.797. The van der Waals surface area contributed by atoms with E-state index in [1.807, 2.05) is 26.2 Å². The Hall–Kier alpha value is -1.59. The Labute approximate surface area is 152 Å². The summed E-state index contributed by atoms with van der Waals surface area (Å²) < 4.78 is 0. The third kappa shape index (κ3) is 4.73. The second-order valence-corrected chi connectivity index (χ2v) is 8.07. The number of aliphatic hydroxyl groups excluding tert-OH is 1. The van der Waals surface area contributed by atoms with Crippen molar-refractivity contribution < 1.29 is 9.90 Å². The first-order valence-electron chi connectivity index (χ1n) is 9.17. The number of aryl methyl sites for hydroxylation is 1. The van der Waals surface area contributed by atoms with Gasteiger partial charge in [-0.05, 0) is 50.4 Å². The van der Waals surface area contributed by atoms with Crippen LogP contribution in [0, 0.1) is 5.41 Å². The number of nitrogens with zero attached hydrogens (tertiary/aromatic N) is 2. The van der Waals surface area contributed by atoms with Gasteiger partial charge in [0.05, 0.1) is 12.6 Å². The molecule has 1 aliphatic carbocycles. The van der Waals surface area contributed by atoms with Crippen LogP contribution in [0.4, 0.5) is 4.79 Å². The van der Waals surface area contributed by atoms with Crippen LogP contribution in [0.25, 0.3) is 0 Å². The van der Waals surface area contributed by atoms with Crippen LogP contribution in [0.3, 0.4) is 0 Å². The molecule has 5 heteroatoms. The van der Waals surface area contributed by atoms with Gasteiger partial charge in [-0.3, -0.25) is 0 Å². The lowest BCUT2D eigenvalue weighted by Gasteiger charge is -2.37. The van der Waals surface area contributed by atoms with Crippen molar-refractivity contribution >= 4 is 6.03 Å². The molecule has 1 aromatic carbocycles. The number of fused-ring (bicyclic) bond motifs is 1. The number of hydrogen-bond acceptors (Lipinski definition) is 3. The molecule has 0 saturated heterocycles. The normalized spacial score (nSPS) is 18.1. The van der Waals surface area contributed by atoms with Crippen molar-refractivity contribution in [3.8, 4) is 0 Å². The van der Waals surface area contributed by atoms with E-state index in [2.05, 4.69) is 43.1 Å². The minimum Gasteiger partial charge on any atom is -0.395 e. The van der Waals surface area contributed by atoms with Crippen molar-refractivity contribution in [3.63, 3.8) is 0 Å². The summed E-state index contributed by atoms with van der Waals surface area (Å²) in [7, 11) is 4.09. The highest BCUT2D eigenvalue weighted by Gasteiger charge is 2.33. The molecular weight excluding hydrogens is 314 g/mol. The largest absolute Gasteiger partial charge is 0.395 e. The molecule has 0 radical (unpaired) electrons. The molecule has 2 amide bonds. The predicted octanol–water partition coefficient (Wildman–Crippen LogP) is 2.65. The van der Waals surface area contributed by atoms with Crippen molar-refractivity contribution in [3.05, 3.63) is 35.4 Å². The highest BCUT2D eigenvalue weighted by atomic mass is 16.3. The summed E-state index contributed by atoms with van der Waals surface area (Å²) in [6.07, 6.45) is 1.90. The van der Waals surface area contributed by atoms with Gasteiger partial charge in [0.15, 0.2) is 0 Å². The minimum atomic E-state index is -0.0879. The SMILES string of the molecule is CC(NC(=O)N(CCO)C1CCc2ccccc21)C(C)(C)CN(C)C. The van der Waals surface area contributed by atoms with Crippen LogP contribution in [-0.4, -0.2) is 60.8 Å². The Balaban J connectivity index is 2.11. The zero-order valence-electron chi connectivity index (χ0n) is 16.2. The first kappa shape index (κ1) is 19.7. The number of aliphatic hydroxyl groups is 1. The van der Waals surface area contributed by atoms with Crippen LogP contribution < -0.4 is 5.32 Å². The number of rotatable bonds is 7. The van der Waals surface area contributed by atoms with Crippen molar-refractivity contribution in [1.82, 2.24) is 15.1 Å². The average Bonchev–Trinajstić information content (AvgIpc) is 2.95. The van der Waals surface area contributed by atoms with E-state index in [4.69, 9.17) is 0 Å². The zero-order valence-corrected chi connectivity index (χ0v) is 16.2. The molecule has 5 nitrogen and oxygen atoms in total. The van der Waals surface area contributed by atoms with Gasteiger partial charge in [0.1, 0.15) is 0 Å². The van der Waals surface area contributed by atoms with E-state index >= 15 is 0 Å². The molecule has 2 atom stereocenters. The molecule has 25 heavy (non-hydrogen) atoms. The first-order chi connectivity index (χ1) is 11.8. The van der Waals surface area contributed by atoms with Crippen LogP contribution in [0.5, 0.6) is 0 Å². The third-order valence-corrected chi connectivity index (χ3v) is 5.32. The predicted molar refractivity (Wildman–Crippen MR) is 102 cm³/mol. The van der Waals surface area contributed by atoms with E-state index in [1.54, 1.807) is 4.90 Å². The standard InChI is InChI=1S/C20H33N3O2/c1-15(20(2,3)14-22(4)5)21-19(25)23(12-13-24)18-11-10-16-8-6-7-9-17(16)18/h6-9,15,18,24H,10-14H2,1-5H3,(H,21,25). The van der Waals surface area contributed by atoms with Gasteiger partial charge in [-0.15, -0.1) is 0 Å². The number of amides is 2. The van der Waals surface area contributed by atoms with Crippen molar-refractivity contribution in [2.45, 2.75) is 45.7 Å². The van der Waals surface area contributed by atoms with Gasteiger partial charge < -0.3 is 20.2 Å². The molecule has 0 aromatic heterocycles. The number of urea groups is 1. The Morgan fingerprint density at radius 2 is 2.04 bits per heavy atom. The highest BCUT2D eigenvalue weighted by molar-refractivity contribution is 5.75. The Bertz CT molecular complexity index is 586. The zero-order chi connectivity index (χ0) is 18.6. The molecule has 1 aliphatic rings. The maximum atomic E-state index is 13.0. The second-order valence-electron chi connectivity index (χ2n) is 8.07. The molecule has 0 saturated carbocycles. The van der Waals surface area contributed by atoms with E-state index in [-0.39, 0.29) is 30.1 Å². The Kier molecular flexibility index (Phi) is 6.47. The lowest BCUT2D eigenvalue weighted by atomic mass is 9.85. The summed E-state index contributed by atoms with van der Waals surface area (Å²) >= 11 is 0. The lowest BCUT2D eigenvalue weighted by Crippen LogP contribution is -2.52. The molecule has 2 unspecified atom stereocenters. The third-order valence-electron chi connectivity index (χ3n) is 5.32. The van der Waals surface area contributed by atoms with Gasteiger partial charge >= 0.3 is 6.03 Å². The summed E-state index contributed by atoms with van der Waals surface area (Å²) in [4.78, 5) is 16.9. The first-order valence-corrected chi connectivity index (χ1v) is 9.17. The highest BCUT2D eigenvalue weighted by Crippen LogP contribution is 2.35. The van der Waals surface area contributed by atoms with Crippen LogP contribution in [0.1, 0.15) is 44.4 Å². The molecule has 0 fully saturated rings. The molecule has 140 valence electrons. The molecule has 0 spiro atoms. The van der Waals surface area contributed by atoms with Crippen LogP contribution in [-0.2, 0) is 6.42 Å². The fourth-order valence-electron chi connectivity index (χ4n) is 3.78. The number of nitrogens with one attached hydrogen (secondary N) is 1. The summed E-state index contributed by atoms with van der Waals surface area (Å²) in [5.41, 5.74) is 2.48. The fraction of sp³-hybridized carbons (Fsp3) is 0.650. The summed E-state index contributed by atoms with van der Waals surface area (Å²) in [6, 6.07) is 8.29. The average molecular weight is 348 g/mol. The fourth-order valence-corrected chi connectivity index (χ4v) is 3.78. The van der Waals surface area contributed by atoms with Gasteiger partial charge in [0.25, 0.3) is 0 Å². The summed E-state index contributed by atoms with van der Waals surface area (Å²) in [6.45, 7) is 7.60. The van der Waals surface area contributed by atoms with Crippen molar-refractivity contribution in [2.75, 3.05) is 33.8 Å². The van der Waals surface area contributed by atoms with E-state index < -0.39 is 0 Å². The Morgan fingerprint density at radius 1 is 1.36 bits per heavy atom. The summed E-state index contributed by atoms with van der Waals surface area (Å²) in [5.74, 6) is 0. The van der Waals surface area contributed by atoms with E-state index in [1.165, 1.54) is 11.1 Å². The molecule has 0 aliphatic heterocycles. The number of carbonyl (C=O) groups excluding carboxylic acids is 1. The van der Waals surface area contributed by atoms with Crippen LogP contribution in [0.2, 0.25) is 0 Å². The van der Waals surface area contributed by atoms with E-state index in [0.29, 0.717) is 6.54 Å². The maximum absolute atomic E-state index is 13.0. The summed E-state index contributed by atoms with van der Waals surface area (Å²) in [5, 5.41) is 12.6. The van der Waals surface area contributed by atoms with Crippen LogP contribution in [0.15, 0.2) is 24.3 Å². The molecule has 2 rings (SSSR count). The van der Waals surface area contributed by atoms with Crippen molar-refractivity contribution in [1.29, 1.82) is 0 Å². The topological polar surface area (TPSA) is 55.8 Å². The second kappa shape index (κ2) is 8.19. The minimum absolute atomic E-state index is 0.0262. The van der Waals surface area contributed by atoms with Gasteiger partial charge in [0.2, 0.25) is 0 Å². The van der Waals surface area contributed by atoms with Crippen LogP contribution >= 0.6 is 0 Å². The molecular formula is C20H33N3O2. The Morgan fingerprint density at radius 3 is 2.68 bits per heavy atom. The maximum Gasteiger partial charge on any atom is 0.318 e.